The van der Waals surface area contributed by atoms with Crippen LogP contribution in [-0.2, 0) is 6.42 Å². The van der Waals surface area contributed by atoms with E-state index in [1.807, 2.05) is 0 Å². The standard InChI is InChI=1S/C19H26F4O/c1-24-18-10-7-15(12-17(18)21)13-19(22,23)16-8-5-14(6-9-16)4-2-3-11-20/h7,10,12,14,16H,2-6,8-9,11,13H2,1H3. The SMILES string of the molecule is COc1ccc(CC(F)(F)C2CCC(CCCCF)CC2)cc1F. The van der Waals surface area contributed by atoms with Gasteiger partial charge in [0.2, 0.25) is 0 Å². The molecule has 1 aromatic carbocycles. The highest BCUT2D eigenvalue weighted by Crippen LogP contribution is 2.42. The minimum absolute atomic E-state index is 0.0656. The lowest BCUT2D eigenvalue weighted by molar-refractivity contribution is -0.0746. The Kier molecular flexibility index (Phi) is 6.93. The zero-order valence-electron chi connectivity index (χ0n) is 14.2. The first kappa shape index (κ1) is 19.1. The molecule has 0 atom stereocenters. The number of unbranched alkanes of at least 4 members (excludes halogenated alkanes) is 1. The Morgan fingerprint density at radius 3 is 2.42 bits per heavy atom. The van der Waals surface area contributed by atoms with Gasteiger partial charge < -0.3 is 4.74 Å². The molecule has 5 heteroatoms. The van der Waals surface area contributed by atoms with Crippen molar-refractivity contribution in [3.63, 3.8) is 0 Å². The molecule has 1 saturated carbocycles. The van der Waals surface area contributed by atoms with E-state index in [0.717, 1.165) is 31.7 Å². The van der Waals surface area contributed by atoms with Crippen LogP contribution in [0.3, 0.4) is 0 Å². The molecular formula is C19H26F4O. The Morgan fingerprint density at radius 2 is 1.83 bits per heavy atom. The molecule has 136 valence electrons. The normalized spacial score (nSPS) is 21.7. The molecule has 1 nitrogen and oxygen atoms in total. The number of rotatable bonds is 8. The van der Waals surface area contributed by atoms with Gasteiger partial charge in [0.25, 0.3) is 5.92 Å². The van der Waals surface area contributed by atoms with Gasteiger partial charge in [-0.3, -0.25) is 4.39 Å². The summed E-state index contributed by atoms with van der Waals surface area (Å²) >= 11 is 0. The fourth-order valence-corrected chi connectivity index (χ4v) is 3.64. The molecule has 1 fully saturated rings. The van der Waals surface area contributed by atoms with Gasteiger partial charge in [-0.2, -0.15) is 0 Å². The maximum Gasteiger partial charge on any atom is 0.254 e. The highest BCUT2D eigenvalue weighted by atomic mass is 19.3. The van der Waals surface area contributed by atoms with Crippen LogP contribution in [-0.4, -0.2) is 19.7 Å². The summed E-state index contributed by atoms with van der Waals surface area (Å²) in [5.41, 5.74) is 0.295. The first-order valence-corrected chi connectivity index (χ1v) is 8.72. The number of hydrogen-bond acceptors (Lipinski definition) is 1. The van der Waals surface area contributed by atoms with E-state index in [-0.39, 0.29) is 12.4 Å². The summed E-state index contributed by atoms with van der Waals surface area (Å²) in [5.74, 6) is -3.58. The van der Waals surface area contributed by atoms with Gasteiger partial charge in [-0.05, 0) is 55.7 Å². The Hall–Kier alpha value is -1.26. The van der Waals surface area contributed by atoms with Gasteiger partial charge in [-0.25, -0.2) is 13.2 Å². The largest absolute Gasteiger partial charge is 0.494 e. The second kappa shape index (κ2) is 8.72. The maximum atomic E-state index is 14.5. The van der Waals surface area contributed by atoms with Crippen molar-refractivity contribution < 1.29 is 22.3 Å². The molecule has 2 rings (SSSR count). The molecule has 1 aliphatic carbocycles. The minimum Gasteiger partial charge on any atom is -0.494 e. The Balaban J connectivity index is 1.88. The van der Waals surface area contributed by atoms with Crippen molar-refractivity contribution in [1.29, 1.82) is 0 Å². The van der Waals surface area contributed by atoms with Crippen LogP contribution in [0.4, 0.5) is 17.6 Å². The summed E-state index contributed by atoms with van der Waals surface area (Å²) < 4.78 is 59.7. The Labute approximate surface area is 141 Å². The molecule has 0 N–H and O–H groups in total. The smallest absolute Gasteiger partial charge is 0.254 e. The van der Waals surface area contributed by atoms with Crippen molar-refractivity contribution in [2.75, 3.05) is 13.8 Å². The van der Waals surface area contributed by atoms with Gasteiger partial charge in [-0.15, -0.1) is 0 Å². The van der Waals surface area contributed by atoms with Gasteiger partial charge in [0.1, 0.15) is 0 Å². The van der Waals surface area contributed by atoms with E-state index in [4.69, 9.17) is 4.74 Å². The molecule has 1 aliphatic rings. The first-order valence-electron chi connectivity index (χ1n) is 8.72. The van der Waals surface area contributed by atoms with Crippen molar-refractivity contribution in [3.05, 3.63) is 29.6 Å². The van der Waals surface area contributed by atoms with E-state index >= 15 is 0 Å². The second-order valence-electron chi connectivity index (χ2n) is 6.81. The van der Waals surface area contributed by atoms with Crippen LogP contribution >= 0.6 is 0 Å². The number of alkyl halides is 3. The van der Waals surface area contributed by atoms with Crippen LogP contribution in [0.5, 0.6) is 5.75 Å². The lowest BCUT2D eigenvalue weighted by Gasteiger charge is -2.34. The lowest BCUT2D eigenvalue weighted by Crippen LogP contribution is -2.34. The molecule has 0 bridgehead atoms. The molecule has 0 saturated heterocycles. The van der Waals surface area contributed by atoms with E-state index in [9.17, 15) is 17.6 Å². The summed E-state index contributed by atoms with van der Waals surface area (Å²) in [6.07, 6.45) is 4.45. The fourth-order valence-electron chi connectivity index (χ4n) is 3.64. The molecule has 0 unspecified atom stereocenters. The molecule has 0 radical (unpaired) electrons. The minimum atomic E-state index is -2.83. The predicted molar refractivity (Wildman–Crippen MR) is 86.9 cm³/mol. The maximum absolute atomic E-state index is 14.5. The van der Waals surface area contributed by atoms with Crippen molar-refractivity contribution in [2.24, 2.45) is 11.8 Å². The van der Waals surface area contributed by atoms with Gasteiger partial charge in [0.15, 0.2) is 11.6 Å². The van der Waals surface area contributed by atoms with Crippen molar-refractivity contribution in [1.82, 2.24) is 0 Å². The molecule has 24 heavy (non-hydrogen) atoms. The Bertz CT molecular complexity index is 510. The number of hydrogen-bond donors (Lipinski definition) is 0. The molecular weight excluding hydrogens is 320 g/mol. The number of benzene rings is 1. The first-order chi connectivity index (χ1) is 11.5. The molecule has 0 spiro atoms. The monoisotopic (exact) mass is 346 g/mol. The third-order valence-corrected chi connectivity index (χ3v) is 5.10. The average Bonchev–Trinajstić information content (AvgIpc) is 2.55. The van der Waals surface area contributed by atoms with Crippen LogP contribution in [0, 0.1) is 17.7 Å². The number of ether oxygens (including phenoxy) is 1. The average molecular weight is 346 g/mol. The van der Waals surface area contributed by atoms with Crippen LogP contribution in [0.15, 0.2) is 18.2 Å². The van der Waals surface area contributed by atoms with Gasteiger partial charge in [0.05, 0.1) is 13.8 Å². The third-order valence-electron chi connectivity index (χ3n) is 5.10. The van der Waals surface area contributed by atoms with Crippen molar-refractivity contribution in [2.45, 2.75) is 57.3 Å². The Morgan fingerprint density at radius 1 is 1.12 bits per heavy atom. The molecule has 0 aromatic heterocycles. The molecule has 1 aromatic rings. The summed E-state index contributed by atoms with van der Waals surface area (Å²) in [6, 6.07) is 4.02. The lowest BCUT2D eigenvalue weighted by atomic mass is 9.76. The summed E-state index contributed by atoms with van der Waals surface area (Å²) in [5, 5.41) is 0. The molecule has 0 heterocycles. The van der Waals surface area contributed by atoms with E-state index in [2.05, 4.69) is 0 Å². The second-order valence-corrected chi connectivity index (χ2v) is 6.81. The van der Waals surface area contributed by atoms with Crippen LogP contribution in [0.1, 0.15) is 50.5 Å². The zero-order valence-corrected chi connectivity index (χ0v) is 14.2. The van der Waals surface area contributed by atoms with E-state index in [0.29, 0.717) is 30.7 Å². The molecule has 0 aliphatic heterocycles. The molecule has 0 amide bonds. The van der Waals surface area contributed by atoms with E-state index < -0.39 is 24.1 Å². The van der Waals surface area contributed by atoms with Crippen molar-refractivity contribution >= 4 is 0 Å². The van der Waals surface area contributed by atoms with Crippen LogP contribution in [0.25, 0.3) is 0 Å². The van der Waals surface area contributed by atoms with E-state index in [1.54, 1.807) is 0 Å². The fraction of sp³-hybridized carbons (Fsp3) is 0.684. The van der Waals surface area contributed by atoms with Gasteiger partial charge in [0, 0.05) is 12.3 Å². The highest BCUT2D eigenvalue weighted by Gasteiger charge is 2.41. The zero-order chi connectivity index (χ0) is 17.6. The van der Waals surface area contributed by atoms with Crippen LogP contribution < -0.4 is 4.74 Å². The number of halogens is 4. The summed E-state index contributed by atoms with van der Waals surface area (Å²) in [7, 11) is 1.35. The topological polar surface area (TPSA) is 9.23 Å². The number of methoxy groups -OCH3 is 1. The quantitative estimate of drug-likeness (QED) is 0.417. The van der Waals surface area contributed by atoms with Crippen molar-refractivity contribution in [3.8, 4) is 5.75 Å². The predicted octanol–water partition coefficient (Wildman–Crippen LogP) is 5.96. The van der Waals surface area contributed by atoms with Gasteiger partial charge >= 0.3 is 0 Å². The van der Waals surface area contributed by atoms with Gasteiger partial charge in [-0.1, -0.05) is 18.9 Å². The van der Waals surface area contributed by atoms with E-state index in [1.165, 1.54) is 19.2 Å². The third kappa shape index (κ3) is 5.12. The summed E-state index contributed by atoms with van der Waals surface area (Å²) in [4.78, 5) is 0. The summed E-state index contributed by atoms with van der Waals surface area (Å²) in [6.45, 7) is -0.300. The highest BCUT2D eigenvalue weighted by molar-refractivity contribution is 5.30. The van der Waals surface area contributed by atoms with Crippen LogP contribution in [0.2, 0.25) is 0 Å².